The van der Waals surface area contributed by atoms with Gasteiger partial charge < -0.3 is 8.98 Å². The molecule has 0 radical (unpaired) electrons. The zero-order chi connectivity index (χ0) is 33.0. The summed E-state index contributed by atoms with van der Waals surface area (Å²) in [7, 11) is 0. The van der Waals surface area contributed by atoms with Crippen LogP contribution in [0.4, 0.5) is 0 Å². The zero-order valence-corrected chi connectivity index (χ0v) is 27.0. The molecule has 3 heterocycles. The van der Waals surface area contributed by atoms with E-state index in [-0.39, 0.29) is 0 Å². The molecule has 3 aromatic heterocycles. The number of aromatic nitrogens is 3. The molecule has 50 heavy (non-hydrogen) atoms. The van der Waals surface area contributed by atoms with E-state index in [2.05, 4.69) is 132 Å². The molecule has 0 saturated carbocycles. The third-order valence-electron chi connectivity index (χ3n) is 9.60. The van der Waals surface area contributed by atoms with Crippen LogP contribution < -0.4 is 0 Å². The number of furan rings is 1. The highest BCUT2D eigenvalue weighted by molar-refractivity contribution is 6.16. The molecule has 234 valence electrons. The molecule has 7 aromatic carbocycles. The Morgan fingerprint density at radius 1 is 0.400 bits per heavy atom. The summed E-state index contributed by atoms with van der Waals surface area (Å²) in [5, 5.41) is 4.57. The molecule has 4 nitrogen and oxygen atoms in total. The van der Waals surface area contributed by atoms with Gasteiger partial charge in [0.05, 0.1) is 22.4 Å². The quantitative estimate of drug-likeness (QED) is 0.188. The van der Waals surface area contributed by atoms with Gasteiger partial charge in [0.2, 0.25) is 0 Å². The third-order valence-corrected chi connectivity index (χ3v) is 9.60. The van der Waals surface area contributed by atoms with Crippen LogP contribution in [0.15, 0.2) is 180 Å². The maximum absolute atomic E-state index is 6.57. The topological polar surface area (TPSA) is 43.9 Å². The molecule has 4 heteroatoms. The van der Waals surface area contributed by atoms with Crippen LogP contribution in [0.5, 0.6) is 0 Å². The third kappa shape index (κ3) is 4.61. The predicted octanol–water partition coefficient (Wildman–Crippen LogP) is 12.1. The highest BCUT2D eigenvalue weighted by Crippen LogP contribution is 2.42. The Labute approximate surface area is 288 Å². The lowest BCUT2D eigenvalue weighted by Crippen LogP contribution is -1.96. The second kappa shape index (κ2) is 11.4. The number of rotatable bonds is 5. The lowest BCUT2D eigenvalue weighted by molar-refractivity contribution is 0.669. The van der Waals surface area contributed by atoms with Crippen LogP contribution in [0.25, 0.3) is 94.5 Å². The van der Waals surface area contributed by atoms with E-state index in [4.69, 9.17) is 14.4 Å². The van der Waals surface area contributed by atoms with Crippen LogP contribution in [-0.2, 0) is 0 Å². The molecule has 0 aliphatic rings. The minimum absolute atomic E-state index is 0.649. The van der Waals surface area contributed by atoms with Crippen LogP contribution in [0, 0.1) is 0 Å². The lowest BCUT2D eigenvalue weighted by Gasteiger charge is -2.12. The molecule has 0 saturated heterocycles. The highest BCUT2D eigenvalue weighted by atomic mass is 16.3. The van der Waals surface area contributed by atoms with Crippen LogP contribution in [0.3, 0.4) is 0 Å². The molecule has 0 bridgehead atoms. The molecule has 0 aliphatic heterocycles. The first-order valence-electron chi connectivity index (χ1n) is 16.8. The van der Waals surface area contributed by atoms with Crippen molar-refractivity contribution >= 4 is 43.7 Å². The van der Waals surface area contributed by atoms with Crippen molar-refractivity contribution in [1.82, 2.24) is 14.5 Å². The molecule has 0 aliphatic carbocycles. The Hall–Kier alpha value is -6.78. The second-order valence-electron chi connectivity index (χ2n) is 12.6. The highest BCUT2D eigenvalue weighted by Gasteiger charge is 2.19. The fourth-order valence-electron chi connectivity index (χ4n) is 7.30. The Balaban J connectivity index is 1.24. The van der Waals surface area contributed by atoms with Gasteiger partial charge in [0.1, 0.15) is 11.2 Å². The van der Waals surface area contributed by atoms with Gasteiger partial charge in [-0.1, -0.05) is 121 Å². The molecule has 10 rings (SSSR count). The number of fused-ring (bicyclic) bond motifs is 6. The van der Waals surface area contributed by atoms with Crippen molar-refractivity contribution in [2.75, 3.05) is 0 Å². The first-order valence-corrected chi connectivity index (χ1v) is 16.8. The smallest absolute Gasteiger partial charge is 0.160 e. The standard InChI is InChI=1S/C46H29N3O/c1-4-14-30(15-5-1)39-29-40(31-16-6-2-7-17-31)48-46(47-39)33-27-37(45-36-21-11-13-23-43(36)50-44(45)28-33)32-24-25-42-38(26-32)35-20-10-12-22-41(35)49(42)34-18-8-3-9-19-34/h1-29H. The van der Waals surface area contributed by atoms with E-state index in [1.807, 2.05) is 48.5 Å². The zero-order valence-electron chi connectivity index (χ0n) is 27.0. The number of benzene rings is 7. The van der Waals surface area contributed by atoms with Gasteiger partial charge in [-0.2, -0.15) is 0 Å². The summed E-state index contributed by atoms with van der Waals surface area (Å²) in [5.41, 5.74) is 12.0. The summed E-state index contributed by atoms with van der Waals surface area (Å²) in [6.07, 6.45) is 0. The van der Waals surface area contributed by atoms with Crippen LogP contribution in [-0.4, -0.2) is 14.5 Å². The monoisotopic (exact) mass is 639 g/mol. The van der Waals surface area contributed by atoms with Gasteiger partial charge >= 0.3 is 0 Å². The molecule has 0 amide bonds. The maximum Gasteiger partial charge on any atom is 0.160 e. The molecular formula is C46H29N3O. The van der Waals surface area contributed by atoms with Gasteiger partial charge in [0, 0.05) is 43.9 Å². The van der Waals surface area contributed by atoms with Crippen molar-refractivity contribution in [3.8, 4) is 50.7 Å². The first kappa shape index (κ1) is 28.3. The summed E-state index contributed by atoms with van der Waals surface area (Å²) in [6.45, 7) is 0. The van der Waals surface area contributed by atoms with Crippen LogP contribution >= 0.6 is 0 Å². The van der Waals surface area contributed by atoms with E-state index >= 15 is 0 Å². The number of hydrogen-bond donors (Lipinski definition) is 0. The fourth-order valence-corrected chi connectivity index (χ4v) is 7.30. The van der Waals surface area contributed by atoms with E-state index < -0.39 is 0 Å². The van der Waals surface area contributed by atoms with E-state index in [1.165, 1.54) is 16.3 Å². The number of para-hydroxylation sites is 3. The summed E-state index contributed by atoms with van der Waals surface area (Å²) in [5.74, 6) is 0.649. The van der Waals surface area contributed by atoms with Gasteiger partial charge in [-0.15, -0.1) is 0 Å². The van der Waals surface area contributed by atoms with Crippen molar-refractivity contribution in [2.24, 2.45) is 0 Å². The Kier molecular flexibility index (Phi) is 6.46. The second-order valence-corrected chi connectivity index (χ2v) is 12.6. The van der Waals surface area contributed by atoms with E-state index in [0.717, 1.165) is 72.3 Å². The van der Waals surface area contributed by atoms with Gasteiger partial charge in [0.25, 0.3) is 0 Å². The predicted molar refractivity (Wildman–Crippen MR) is 205 cm³/mol. The lowest BCUT2D eigenvalue weighted by atomic mass is 9.95. The fraction of sp³-hybridized carbons (Fsp3) is 0. The Morgan fingerprint density at radius 3 is 1.72 bits per heavy atom. The van der Waals surface area contributed by atoms with Crippen LogP contribution in [0.2, 0.25) is 0 Å². The number of hydrogen-bond acceptors (Lipinski definition) is 3. The summed E-state index contributed by atoms with van der Waals surface area (Å²) < 4.78 is 8.92. The molecular weight excluding hydrogens is 611 g/mol. The summed E-state index contributed by atoms with van der Waals surface area (Å²) in [6, 6.07) is 61.3. The SMILES string of the molecule is c1ccc(-c2cc(-c3ccccc3)nc(-c3cc(-c4ccc5c(c4)c4ccccc4n5-c4ccccc4)c4c(c3)oc3ccccc34)n2)cc1. The van der Waals surface area contributed by atoms with Gasteiger partial charge in [-0.3, -0.25) is 0 Å². The molecule has 0 fully saturated rings. The van der Waals surface area contributed by atoms with E-state index in [1.54, 1.807) is 0 Å². The van der Waals surface area contributed by atoms with Gasteiger partial charge in [0.15, 0.2) is 5.82 Å². The van der Waals surface area contributed by atoms with Gasteiger partial charge in [-0.25, -0.2) is 9.97 Å². The molecule has 0 unspecified atom stereocenters. The minimum Gasteiger partial charge on any atom is -0.456 e. The van der Waals surface area contributed by atoms with Crippen molar-refractivity contribution in [3.05, 3.63) is 176 Å². The van der Waals surface area contributed by atoms with Crippen LogP contribution in [0.1, 0.15) is 0 Å². The maximum atomic E-state index is 6.57. The van der Waals surface area contributed by atoms with Gasteiger partial charge in [-0.05, 0) is 65.7 Å². The molecule has 0 spiro atoms. The first-order chi connectivity index (χ1) is 24.8. The average molecular weight is 640 g/mol. The normalized spacial score (nSPS) is 11.6. The summed E-state index contributed by atoms with van der Waals surface area (Å²) >= 11 is 0. The molecule has 10 aromatic rings. The molecule has 0 atom stereocenters. The molecule has 0 N–H and O–H groups in total. The van der Waals surface area contributed by atoms with Crippen molar-refractivity contribution in [3.63, 3.8) is 0 Å². The Morgan fingerprint density at radius 2 is 1.00 bits per heavy atom. The minimum atomic E-state index is 0.649. The average Bonchev–Trinajstić information content (AvgIpc) is 3.74. The largest absolute Gasteiger partial charge is 0.456 e. The summed E-state index contributed by atoms with van der Waals surface area (Å²) in [4.78, 5) is 10.3. The number of nitrogens with zero attached hydrogens (tertiary/aromatic N) is 3. The Bertz CT molecular complexity index is 2800. The van der Waals surface area contributed by atoms with E-state index in [0.29, 0.717) is 5.82 Å². The van der Waals surface area contributed by atoms with Crippen molar-refractivity contribution < 1.29 is 4.42 Å². The van der Waals surface area contributed by atoms with Crippen molar-refractivity contribution in [1.29, 1.82) is 0 Å². The van der Waals surface area contributed by atoms with Crippen molar-refractivity contribution in [2.45, 2.75) is 0 Å². The van der Waals surface area contributed by atoms with E-state index in [9.17, 15) is 0 Å².